The summed E-state index contributed by atoms with van der Waals surface area (Å²) < 4.78 is 26.9. The van der Waals surface area contributed by atoms with Crippen LogP contribution in [0.25, 0.3) is 0 Å². The van der Waals surface area contributed by atoms with Crippen molar-refractivity contribution in [3.8, 4) is 0 Å². The smallest absolute Gasteiger partial charge is 0.223 e. The molecular formula is C19H23ClF2N2O. The minimum Gasteiger partial charge on any atom is -0.338 e. The van der Waals surface area contributed by atoms with Crippen LogP contribution in [0.1, 0.15) is 24.0 Å². The third-order valence-corrected chi connectivity index (χ3v) is 3.84. The van der Waals surface area contributed by atoms with Crippen LogP contribution in [0.3, 0.4) is 0 Å². The largest absolute Gasteiger partial charge is 0.338 e. The second kappa shape index (κ2) is 10.8. The Kier molecular flexibility index (Phi) is 9.10. The fourth-order valence-electron chi connectivity index (χ4n) is 2.52. The molecule has 0 atom stereocenters. The van der Waals surface area contributed by atoms with Crippen molar-refractivity contribution in [2.24, 2.45) is 5.73 Å². The highest BCUT2D eigenvalue weighted by molar-refractivity contribution is 5.85. The van der Waals surface area contributed by atoms with E-state index >= 15 is 0 Å². The number of nitrogens with two attached hydrogens (primary N) is 1. The van der Waals surface area contributed by atoms with E-state index in [1.807, 2.05) is 30.3 Å². The number of amides is 1. The number of carbonyl (C=O) groups excluding carboxylic acids is 1. The van der Waals surface area contributed by atoms with Crippen LogP contribution in [-0.4, -0.2) is 23.9 Å². The summed E-state index contributed by atoms with van der Waals surface area (Å²) in [5.74, 6) is -1.85. The van der Waals surface area contributed by atoms with Crippen molar-refractivity contribution < 1.29 is 13.6 Å². The molecule has 2 aromatic carbocycles. The van der Waals surface area contributed by atoms with E-state index in [1.54, 1.807) is 4.90 Å². The zero-order chi connectivity index (χ0) is 17.4. The lowest BCUT2D eigenvalue weighted by Crippen LogP contribution is -2.32. The summed E-state index contributed by atoms with van der Waals surface area (Å²) in [6.07, 6.45) is 1.01. The van der Waals surface area contributed by atoms with E-state index in [9.17, 15) is 13.6 Å². The molecular weight excluding hydrogens is 346 g/mol. The second-order valence-corrected chi connectivity index (χ2v) is 5.66. The Morgan fingerprint density at radius 2 is 1.76 bits per heavy atom. The van der Waals surface area contributed by atoms with E-state index < -0.39 is 11.6 Å². The first-order valence-corrected chi connectivity index (χ1v) is 8.06. The van der Waals surface area contributed by atoms with Gasteiger partial charge in [-0.3, -0.25) is 4.79 Å². The van der Waals surface area contributed by atoms with Crippen LogP contribution >= 0.6 is 12.4 Å². The predicted molar refractivity (Wildman–Crippen MR) is 97.5 cm³/mol. The molecule has 1 amide bonds. The molecule has 0 aliphatic heterocycles. The van der Waals surface area contributed by atoms with Crippen LogP contribution in [-0.2, 0) is 17.8 Å². The standard InChI is InChI=1S/C19H22F2N2O.ClH/c20-17-9-4-8-16(19(17)21)10-11-18(24)23(13-5-12-22)14-15-6-2-1-3-7-15;/h1-4,6-9H,5,10-14,22H2;1H. The Morgan fingerprint density at radius 3 is 2.44 bits per heavy atom. The molecule has 0 saturated carbocycles. The van der Waals surface area contributed by atoms with E-state index in [0.29, 0.717) is 26.1 Å². The Hall–Kier alpha value is -1.98. The monoisotopic (exact) mass is 368 g/mol. The molecule has 2 aromatic rings. The maximum Gasteiger partial charge on any atom is 0.223 e. The molecule has 0 saturated heterocycles. The fraction of sp³-hybridized carbons (Fsp3) is 0.316. The van der Waals surface area contributed by atoms with Crippen molar-refractivity contribution in [1.29, 1.82) is 0 Å². The quantitative estimate of drug-likeness (QED) is 0.772. The molecule has 0 radical (unpaired) electrons. The highest BCUT2D eigenvalue weighted by Gasteiger charge is 2.15. The summed E-state index contributed by atoms with van der Waals surface area (Å²) in [5.41, 5.74) is 6.79. The van der Waals surface area contributed by atoms with Crippen molar-refractivity contribution >= 4 is 18.3 Å². The fourth-order valence-corrected chi connectivity index (χ4v) is 2.52. The van der Waals surface area contributed by atoms with Gasteiger partial charge in [0.1, 0.15) is 0 Å². The summed E-state index contributed by atoms with van der Waals surface area (Å²) in [6, 6.07) is 13.7. The summed E-state index contributed by atoms with van der Waals surface area (Å²) in [5, 5.41) is 0. The van der Waals surface area contributed by atoms with Gasteiger partial charge in [0.05, 0.1) is 0 Å². The van der Waals surface area contributed by atoms with Crippen LogP contribution < -0.4 is 5.73 Å². The normalized spacial score (nSPS) is 10.2. The molecule has 0 aromatic heterocycles. The van der Waals surface area contributed by atoms with Gasteiger partial charge in [-0.1, -0.05) is 42.5 Å². The zero-order valence-corrected chi connectivity index (χ0v) is 14.8. The number of rotatable bonds is 8. The zero-order valence-electron chi connectivity index (χ0n) is 14.0. The first-order valence-electron chi connectivity index (χ1n) is 8.06. The van der Waals surface area contributed by atoms with Crippen molar-refractivity contribution in [2.75, 3.05) is 13.1 Å². The van der Waals surface area contributed by atoms with Crippen molar-refractivity contribution in [3.63, 3.8) is 0 Å². The van der Waals surface area contributed by atoms with Gasteiger partial charge >= 0.3 is 0 Å². The third-order valence-electron chi connectivity index (χ3n) is 3.84. The van der Waals surface area contributed by atoms with Crippen molar-refractivity contribution in [3.05, 3.63) is 71.3 Å². The molecule has 0 bridgehead atoms. The highest BCUT2D eigenvalue weighted by atomic mass is 35.5. The first-order chi connectivity index (χ1) is 11.6. The summed E-state index contributed by atoms with van der Waals surface area (Å²) >= 11 is 0. The number of hydrogen-bond acceptors (Lipinski definition) is 2. The molecule has 2 N–H and O–H groups in total. The van der Waals surface area contributed by atoms with E-state index in [-0.39, 0.29) is 36.7 Å². The van der Waals surface area contributed by atoms with Crippen LogP contribution in [0, 0.1) is 11.6 Å². The van der Waals surface area contributed by atoms with Gasteiger partial charge in [-0.25, -0.2) is 8.78 Å². The summed E-state index contributed by atoms with van der Waals surface area (Å²) in [7, 11) is 0. The highest BCUT2D eigenvalue weighted by Crippen LogP contribution is 2.15. The van der Waals surface area contributed by atoms with Gasteiger partial charge in [0, 0.05) is 19.5 Å². The van der Waals surface area contributed by atoms with Crippen molar-refractivity contribution in [1.82, 2.24) is 4.90 Å². The molecule has 136 valence electrons. The molecule has 0 aliphatic rings. The lowest BCUT2D eigenvalue weighted by Gasteiger charge is -2.23. The van der Waals surface area contributed by atoms with E-state index in [1.165, 1.54) is 12.1 Å². The maximum atomic E-state index is 13.7. The third kappa shape index (κ3) is 6.44. The van der Waals surface area contributed by atoms with Gasteiger partial charge in [-0.2, -0.15) is 0 Å². The maximum absolute atomic E-state index is 13.7. The molecule has 25 heavy (non-hydrogen) atoms. The van der Waals surface area contributed by atoms with E-state index in [2.05, 4.69) is 0 Å². The second-order valence-electron chi connectivity index (χ2n) is 5.66. The Balaban J connectivity index is 0.00000312. The van der Waals surface area contributed by atoms with Gasteiger partial charge in [-0.15, -0.1) is 12.4 Å². The number of aryl methyl sites for hydroxylation is 1. The first kappa shape index (κ1) is 21.1. The molecule has 0 aliphatic carbocycles. The predicted octanol–water partition coefficient (Wildman–Crippen LogP) is 3.70. The molecule has 0 heterocycles. The van der Waals surface area contributed by atoms with Crippen LogP contribution in [0.5, 0.6) is 0 Å². The number of carbonyl (C=O) groups is 1. The molecule has 0 unspecified atom stereocenters. The molecule has 0 spiro atoms. The lowest BCUT2D eigenvalue weighted by molar-refractivity contribution is -0.131. The number of benzene rings is 2. The molecule has 3 nitrogen and oxygen atoms in total. The van der Waals surface area contributed by atoms with Crippen LogP contribution in [0.15, 0.2) is 48.5 Å². The Bertz CT molecular complexity index is 668. The van der Waals surface area contributed by atoms with Crippen LogP contribution in [0.2, 0.25) is 0 Å². The van der Waals surface area contributed by atoms with E-state index in [0.717, 1.165) is 11.6 Å². The average molecular weight is 369 g/mol. The number of hydrogen-bond donors (Lipinski definition) is 1. The Labute approximate surface area is 153 Å². The minimum absolute atomic E-state index is 0. The average Bonchev–Trinajstić information content (AvgIpc) is 2.60. The Morgan fingerprint density at radius 1 is 1.04 bits per heavy atom. The SMILES string of the molecule is Cl.NCCCN(Cc1ccccc1)C(=O)CCc1cccc(F)c1F. The molecule has 6 heteroatoms. The van der Waals surface area contributed by atoms with Gasteiger partial charge < -0.3 is 10.6 Å². The molecule has 2 rings (SSSR count). The molecule has 0 fully saturated rings. The number of nitrogens with zero attached hydrogens (tertiary/aromatic N) is 1. The number of halogens is 3. The summed E-state index contributed by atoms with van der Waals surface area (Å²) in [4.78, 5) is 14.2. The van der Waals surface area contributed by atoms with Gasteiger partial charge in [0.15, 0.2) is 11.6 Å². The van der Waals surface area contributed by atoms with Gasteiger partial charge in [0.2, 0.25) is 5.91 Å². The van der Waals surface area contributed by atoms with Crippen molar-refractivity contribution in [2.45, 2.75) is 25.8 Å². The van der Waals surface area contributed by atoms with Gasteiger partial charge in [-0.05, 0) is 36.6 Å². The minimum atomic E-state index is -0.885. The topological polar surface area (TPSA) is 46.3 Å². The van der Waals surface area contributed by atoms with Gasteiger partial charge in [0.25, 0.3) is 0 Å². The lowest BCUT2D eigenvalue weighted by atomic mass is 10.1. The van der Waals surface area contributed by atoms with E-state index in [4.69, 9.17) is 5.73 Å². The van der Waals surface area contributed by atoms with Crippen LogP contribution in [0.4, 0.5) is 8.78 Å². The summed E-state index contributed by atoms with van der Waals surface area (Å²) in [6.45, 7) is 1.54.